The Morgan fingerprint density at radius 2 is 2.09 bits per heavy atom. The Morgan fingerprint density at radius 1 is 1.41 bits per heavy atom. The van der Waals surface area contributed by atoms with Crippen LogP contribution in [0.3, 0.4) is 0 Å². The minimum absolute atomic E-state index is 0.291. The third-order valence-corrected chi connectivity index (χ3v) is 2.72. The van der Waals surface area contributed by atoms with E-state index >= 15 is 0 Å². The van der Waals surface area contributed by atoms with Crippen molar-refractivity contribution >= 4 is 5.91 Å². The SMILES string of the molecule is Cc1cccc(CC(C)NC(=O)COCC(F)(F)C(F)F)n1. The Balaban J connectivity index is 2.33. The summed E-state index contributed by atoms with van der Waals surface area (Å²) >= 11 is 0. The number of aryl methyl sites for hydroxylation is 1. The molecule has 1 N–H and O–H groups in total. The second-order valence-corrected chi connectivity index (χ2v) is 5.00. The van der Waals surface area contributed by atoms with Crippen molar-refractivity contribution in [3.63, 3.8) is 0 Å². The lowest BCUT2D eigenvalue weighted by Gasteiger charge is -2.16. The Hall–Kier alpha value is -1.70. The maximum atomic E-state index is 12.6. The summed E-state index contributed by atoms with van der Waals surface area (Å²) in [6, 6.07) is 5.18. The van der Waals surface area contributed by atoms with Crippen LogP contribution in [0.15, 0.2) is 18.2 Å². The van der Waals surface area contributed by atoms with E-state index in [1.54, 1.807) is 13.0 Å². The average molecular weight is 322 g/mol. The number of ether oxygens (including phenoxy) is 1. The lowest BCUT2D eigenvalue weighted by atomic mass is 10.1. The van der Waals surface area contributed by atoms with Crippen LogP contribution in [-0.4, -0.2) is 42.5 Å². The monoisotopic (exact) mass is 322 g/mol. The highest BCUT2D eigenvalue weighted by atomic mass is 19.3. The van der Waals surface area contributed by atoms with Gasteiger partial charge in [-0.2, -0.15) is 8.78 Å². The number of rotatable bonds is 8. The summed E-state index contributed by atoms with van der Waals surface area (Å²) in [5.41, 5.74) is 1.62. The highest BCUT2D eigenvalue weighted by molar-refractivity contribution is 5.77. The molecule has 1 unspecified atom stereocenters. The molecule has 1 rings (SSSR count). The van der Waals surface area contributed by atoms with Gasteiger partial charge in [-0.3, -0.25) is 9.78 Å². The third-order valence-electron chi connectivity index (χ3n) is 2.72. The molecule has 0 aliphatic rings. The largest absolute Gasteiger partial charge is 0.365 e. The van der Waals surface area contributed by atoms with E-state index in [2.05, 4.69) is 15.0 Å². The number of carbonyl (C=O) groups excluding carboxylic acids is 1. The lowest BCUT2D eigenvalue weighted by Crippen LogP contribution is -2.39. The summed E-state index contributed by atoms with van der Waals surface area (Å²) in [7, 11) is 0. The van der Waals surface area contributed by atoms with Crippen LogP contribution in [0.2, 0.25) is 0 Å². The first-order chi connectivity index (χ1) is 10.2. The predicted octanol–water partition coefficient (Wildman–Crippen LogP) is 2.35. The summed E-state index contributed by atoms with van der Waals surface area (Å²) in [4.78, 5) is 15.7. The molecule has 1 heterocycles. The number of alkyl halides is 4. The van der Waals surface area contributed by atoms with Crippen LogP contribution < -0.4 is 5.32 Å². The molecule has 1 aromatic rings. The third kappa shape index (κ3) is 6.38. The van der Waals surface area contributed by atoms with Crippen LogP contribution in [0.25, 0.3) is 0 Å². The minimum atomic E-state index is -4.25. The number of pyridine rings is 1. The number of carbonyl (C=O) groups is 1. The first kappa shape index (κ1) is 18.3. The van der Waals surface area contributed by atoms with E-state index in [-0.39, 0.29) is 6.04 Å². The molecule has 0 aliphatic carbocycles. The lowest BCUT2D eigenvalue weighted by molar-refractivity contribution is -0.168. The molecule has 1 aromatic heterocycles. The number of nitrogens with zero attached hydrogens (tertiary/aromatic N) is 1. The zero-order valence-corrected chi connectivity index (χ0v) is 12.3. The van der Waals surface area contributed by atoms with Crippen molar-refractivity contribution < 1.29 is 27.1 Å². The van der Waals surface area contributed by atoms with Crippen LogP contribution in [0, 0.1) is 6.92 Å². The van der Waals surface area contributed by atoms with Gasteiger partial charge in [0.05, 0.1) is 0 Å². The molecule has 0 saturated heterocycles. The van der Waals surface area contributed by atoms with Gasteiger partial charge in [0, 0.05) is 23.9 Å². The van der Waals surface area contributed by atoms with Crippen LogP contribution in [0.1, 0.15) is 18.3 Å². The van der Waals surface area contributed by atoms with Crippen LogP contribution in [0.4, 0.5) is 17.6 Å². The molecule has 8 heteroatoms. The van der Waals surface area contributed by atoms with E-state index in [9.17, 15) is 22.4 Å². The first-order valence-electron chi connectivity index (χ1n) is 6.66. The van der Waals surface area contributed by atoms with Crippen LogP contribution >= 0.6 is 0 Å². The Morgan fingerprint density at radius 3 is 2.68 bits per heavy atom. The molecule has 1 amide bonds. The molecule has 0 saturated carbocycles. The molecule has 1 atom stereocenters. The molecule has 4 nitrogen and oxygen atoms in total. The van der Waals surface area contributed by atoms with E-state index in [0.717, 1.165) is 11.4 Å². The highest BCUT2D eigenvalue weighted by Crippen LogP contribution is 2.22. The van der Waals surface area contributed by atoms with Gasteiger partial charge in [-0.25, -0.2) is 8.78 Å². The van der Waals surface area contributed by atoms with Crippen molar-refractivity contribution in [1.29, 1.82) is 0 Å². The van der Waals surface area contributed by atoms with Gasteiger partial charge < -0.3 is 10.1 Å². The van der Waals surface area contributed by atoms with Gasteiger partial charge in [0.15, 0.2) is 0 Å². The summed E-state index contributed by atoms with van der Waals surface area (Å²) < 4.78 is 53.2. The second-order valence-electron chi connectivity index (χ2n) is 5.00. The number of aromatic nitrogens is 1. The van der Waals surface area contributed by atoms with E-state index < -0.39 is 31.5 Å². The molecule has 0 fully saturated rings. The molecule has 22 heavy (non-hydrogen) atoms. The molecule has 0 spiro atoms. The Kier molecular flexibility index (Phi) is 6.73. The van der Waals surface area contributed by atoms with Crippen molar-refractivity contribution in [2.75, 3.05) is 13.2 Å². The standard InChI is InChI=1S/C14H18F4N2O2/c1-9-4-3-5-11(19-9)6-10(2)20-12(21)7-22-8-14(17,18)13(15)16/h3-5,10,13H,6-8H2,1-2H3,(H,20,21). The van der Waals surface area contributed by atoms with Crippen molar-refractivity contribution in [2.45, 2.75) is 38.7 Å². The van der Waals surface area contributed by atoms with Gasteiger partial charge >= 0.3 is 12.3 Å². The average Bonchev–Trinajstić information content (AvgIpc) is 2.37. The Bertz CT molecular complexity index is 497. The zero-order valence-electron chi connectivity index (χ0n) is 12.3. The normalized spacial score (nSPS) is 13.2. The molecule has 0 bridgehead atoms. The van der Waals surface area contributed by atoms with Crippen LogP contribution in [-0.2, 0) is 16.0 Å². The number of halogens is 4. The van der Waals surface area contributed by atoms with Crippen LogP contribution in [0.5, 0.6) is 0 Å². The minimum Gasteiger partial charge on any atom is -0.365 e. The van der Waals surface area contributed by atoms with Gasteiger partial charge in [0.2, 0.25) is 5.91 Å². The number of amides is 1. The second kappa shape index (κ2) is 8.07. The Labute approximate surface area is 125 Å². The van der Waals surface area contributed by atoms with Gasteiger partial charge in [0.25, 0.3) is 0 Å². The molecule has 0 aromatic carbocycles. The maximum Gasteiger partial charge on any atom is 0.330 e. The van der Waals surface area contributed by atoms with Crippen molar-refractivity contribution in [2.24, 2.45) is 0 Å². The smallest absolute Gasteiger partial charge is 0.330 e. The molecule has 0 radical (unpaired) electrons. The van der Waals surface area contributed by atoms with E-state index in [1.807, 2.05) is 19.1 Å². The predicted molar refractivity (Wildman–Crippen MR) is 72.1 cm³/mol. The van der Waals surface area contributed by atoms with Crippen molar-refractivity contribution in [3.8, 4) is 0 Å². The molecule has 124 valence electrons. The van der Waals surface area contributed by atoms with Gasteiger partial charge in [0.1, 0.15) is 13.2 Å². The number of hydrogen-bond donors (Lipinski definition) is 1. The number of nitrogens with one attached hydrogen (secondary N) is 1. The van der Waals surface area contributed by atoms with E-state index in [1.165, 1.54) is 0 Å². The van der Waals surface area contributed by atoms with Gasteiger partial charge in [-0.05, 0) is 26.0 Å². The zero-order chi connectivity index (χ0) is 16.8. The molecule has 0 aliphatic heterocycles. The molecular weight excluding hydrogens is 304 g/mol. The summed E-state index contributed by atoms with van der Waals surface area (Å²) in [6.07, 6.45) is -3.36. The summed E-state index contributed by atoms with van der Waals surface area (Å²) in [5, 5.41) is 2.53. The molecular formula is C14H18F4N2O2. The van der Waals surface area contributed by atoms with Gasteiger partial charge in [-0.15, -0.1) is 0 Å². The maximum absolute atomic E-state index is 12.6. The van der Waals surface area contributed by atoms with E-state index in [0.29, 0.717) is 6.42 Å². The first-order valence-corrected chi connectivity index (χ1v) is 6.66. The van der Waals surface area contributed by atoms with Crippen molar-refractivity contribution in [3.05, 3.63) is 29.6 Å². The summed E-state index contributed by atoms with van der Waals surface area (Å²) in [6.45, 7) is 1.36. The fraction of sp³-hybridized carbons (Fsp3) is 0.571. The summed E-state index contributed by atoms with van der Waals surface area (Å²) in [5.74, 6) is -4.90. The highest BCUT2D eigenvalue weighted by Gasteiger charge is 2.41. The number of hydrogen-bond acceptors (Lipinski definition) is 3. The fourth-order valence-electron chi connectivity index (χ4n) is 1.74. The topological polar surface area (TPSA) is 51.2 Å². The van der Waals surface area contributed by atoms with Crippen molar-refractivity contribution in [1.82, 2.24) is 10.3 Å². The van der Waals surface area contributed by atoms with E-state index in [4.69, 9.17) is 0 Å². The quantitative estimate of drug-likeness (QED) is 0.748. The fourth-order valence-corrected chi connectivity index (χ4v) is 1.74. The van der Waals surface area contributed by atoms with Gasteiger partial charge in [-0.1, -0.05) is 6.07 Å².